The van der Waals surface area contributed by atoms with Gasteiger partial charge >= 0.3 is 0 Å². The van der Waals surface area contributed by atoms with Crippen LogP contribution in [0.5, 0.6) is 0 Å². The predicted octanol–water partition coefficient (Wildman–Crippen LogP) is 5.16. The summed E-state index contributed by atoms with van der Waals surface area (Å²) in [6, 6.07) is 8.70. The normalized spacial score (nSPS) is 13.2. The number of hydrogen-bond acceptors (Lipinski definition) is 0. The van der Waals surface area contributed by atoms with E-state index in [0.717, 1.165) is 0 Å². The highest BCUT2D eigenvalue weighted by atomic mass is 32.3. The van der Waals surface area contributed by atoms with E-state index in [9.17, 15) is 0 Å². The minimum absolute atomic E-state index is 1.48. The zero-order valence-electron chi connectivity index (χ0n) is 5.10. The minimum Gasteiger partial charge on any atom is -0.0612 e. The molecule has 10 heavy (non-hydrogen) atoms. The maximum Gasteiger partial charge on any atom is 0.0188 e. The van der Waals surface area contributed by atoms with Crippen LogP contribution in [0.2, 0.25) is 0 Å². The molecule has 0 nitrogen and oxygen atoms in total. The molecule has 0 amide bonds. The van der Waals surface area contributed by atoms with Crippen molar-refractivity contribution in [3.63, 3.8) is 0 Å². The van der Waals surface area contributed by atoms with Crippen LogP contribution >= 0.6 is 30.8 Å². The lowest BCUT2D eigenvalue weighted by Gasteiger charge is -1.89. The van der Waals surface area contributed by atoms with Gasteiger partial charge in [-0.25, -0.2) is 0 Å². The quantitative estimate of drug-likeness (QED) is 0.550. The highest BCUT2D eigenvalue weighted by molar-refractivity contribution is 8.31. The Morgan fingerprint density at radius 3 is 1.80 bits per heavy atom. The average Bonchev–Trinajstić information content (AvgIpc) is 2.05. The molecule has 0 aliphatic carbocycles. The summed E-state index contributed by atoms with van der Waals surface area (Å²) in [4.78, 5) is 0. The summed E-state index contributed by atoms with van der Waals surface area (Å²) in [7, 11) is 6.04. The standard InChI is InChI=1S/C6H4P4/c1-2-4-6-5(3-1)7-9-10-8-6/h1-4H. The summed E-state index contributed by atoms with van der Waals surface area (Å²) in [5.41, 5.74) is 0. The van der Waals surface area contributed by atoms with Gasteiger partial charge in [0.15, 0.2) is 0 Å². The van der Waals surface area contributed by atoms with Crippen LogP contribution in [-0.4, -0.2) is 0 Å². The molecular weight excluding hydrogens is 196 g/mol. The van der Waals surface area contributed by atoms with Crippen LogP contribution in [0.4, 0.5) is 0 Å². The third-order valence-electron chi connectivity index (χ3n) is 1.23. The first-order valence-corrected chi connectivity index (χ1v) is 8.57. The molecule has 0 saturated heterocycles. The van der Waals surface area contributed by atoms with E-state index in [0.29, 0.717) is 0 Å². The van der Waals surface area contributed by atoms with Crippen molar-refractivity contribution in [1.29, 1.82) is 0 Å². The van der Waals surface area contributed by atoms with Crippen molar-refractivity contribution >= 4 is 41.1 Å². The molecule has 4 heteroatoms. The van der Waals surface area contributed by atoms with Gasteiger partial charge in [-0.3, -0.25) is 0 Å². The summed E-state index contributed by atoms with van der Waals surface area (Å²) in [6.07, 6.45) is 0. The average molecular weight is 200 g/mol. The van der Waals surface area contributed by atoms with E-state index >= 15 is 0 Å². The van der Waals surface area contributed by atoms with Crippen molar-refractivity contribution in [2.45, 2.75) is 0 Å². The molecule has 0 spiro atoms. The Balaban J connectivity index is 2.89. The Morgan fingerprint density at radius 2 is 1.30 bits per heavy atom. The SMILES string of the molecule is c1ccc2ppppc2c1. The smallest absolute Gasteiger partial charge is 0.0188 e. The van der Waals surface area contributed by atoms with Crippen LogP contribution in [0.3, 0.4) is 0 Å². The Bertz CT molecular complexity index is 281. The first-order chi connectivity index (χ1) is 4.97. The molecule has 0 saturated carbocycles. The molecule has 0 bridgehead atoms. The zero-order valence-corrected chi connectivity index (χ0v) is 8.68. The molecule has 1 heterocycles. The van der Waals surface area contributed by atoms with Gasteiger partial charge in [0, 0.05) is 10.2 Å². The fourth-order valence-corrected chi connectivity index (χ4v) is 8.95. The number of fused-ring (bicyclic) bond motifs is 1. The number of hydrogen-bond donors (Lipinski definition) is 0. The maximum atomic E-state index is 2.23. The number of rotatable bonds is 0. The zero-order chi connectivity index (χ0) is 6.81. The van der Waals surface area contributed by atoms with Crippen LogP contribution in [0.1, 0.15) is 0 Å². The van der Waals surface area contributed by atoms with Gasteiger partial charge in [-0.1, -0.05) is 12.1 Å². The van der Waals surface area contributed by atoms with E-state index in [1.807, 2.05) is 0 Å². The van der Waals surface area contributed by atoms with E-state index in [4.69, 9.17) is 0 Å². The van der Waals surface area contributed by atoms with Gasteiger partial charge in [0.1, 0.15) is 0 Å². The molecule has 48 valence electrons. The first kappa shape index (κ1) is 7.09. The molecule has 0 unspecified atom stereocenters. The van der Waals surface area contributed by atoms with Gasteiger partial charge in [-0.2, -0.15) is 0 Å². The topological polar surface area (TPSA) is 0 Å². The van der Waals surface area contributed by atoms with E-state index in [1.54, 1.807) is 0 Å². The molecule has 1 aromatic carbocycles. The molecule has 2 rings (SSSR count). The fraction of sp³-hybridized carbons (Fsp3) is 0. The second kappa shape index (κ2) is 3.21. The van der Waals surface area contributed by atoms with E-state index < -0.39 is 0 Å². The van der Waals surface area contributed by atoms with Crippen molar-refractivity contribution in [2.75, 3.05) is 0 Å². The minimum atomic E-state index is 1.48. The van der Waals surface area contributed by atoms with Crippen LogP contribution in [-0.2, 0) is 0 Å². The van der Waals surface area contributed by atoms with Crippen molar-refractivity contribution in [3.05, 3.63) is 24.3 Å². The molecule has 0 N–H and O–H groups in total. The van der Waals surface area contributed by atoms with Gasteiger partial charge in [0.25, 0.3) is 0 Å². The van der Waals surface area contributed by atoms with Crippen molar-refractivity contribution < 1.29 is 0 Å². The molecule has 0 fully saturated rings. The fourth-order valence-electron chi connectivity index (χ4n) is 0.770. The number of benzene rings is 1. The monoisotopic (exact) mass is 200 g/mol. The molecular formula is C6H4P4. The highest BCUT2D eigenvalue weighted by Crippen LogP contribution is 2.44. The lowest BCUT2D eigenvalue weighted by molar-refractivity contribution is 1.88. The third kappa shape index (κ3) is 1.37. The predicted molar refractivity (Wildman–Crippen MR) is 54.0 cm³/mol. The molecule has 0 aliphatic rings. The van der Waals surface area contributed by atoms with Gasteiger partial charge < -0.3 is 0 Å². The van der Waals surface area contributed by atoms with E-state index in [-0.39, 0.29) is 0 Å². The van der Waals surface area contributed by atoms with Crippen molar-refractivity contribution in [1.82, 2.24) is 0 Å². The molecule has 0 atom stereocenters. The van der Waals surface area contributed by atoms with Crippen LogP contribution in [0.25, 0.3) is 10.2 Å². The Hall–Kier alpha value is 0.420. The van der Waals surface area contributed by atoms with Crippen molar-refractivity contribution in [3.8, 4) is 0 Å². The second-order valence-corrected chi connectivity index (χ2v) is 9.08. The van der Waals surface area contributed by atoms with Gasteiger partial charge in [-0.15, -0.1) is 0 Å². The summed E-state index contributed by atoms with van der Waals surface area (Å²) < 4.78 is 0. The lowest BCUT2D eigenvalue weighted by Crippen LogP contribution is -1.55. The van der Waals surface area contributed by atoms with Gasteiger partial charge in [0.2, 0.25) is 0 Å². The van der Waals surface area contributed by atoms with E-state index in [1.165, 1.54) is 41.1 Å². The summed E-state index contributed by atoms with van der Waals surface area (Å²) in [6.45, 7) is 0. The third-order valence-corrected chi connectivity index (χ3v) is 9.43. The first-order valence-electron chi connectivity index (χ1n) is 2.87. The van der Waals surface area contributed by atoms with Gasteiger partial charge in [-0.05, 0) is 43.0 Å². The summed E-state index contributed by atoms with van der Waals surface area (Å²) >= 11 is 0. The lowest BCUT2D eigenvalue weighted by atomic mass is 10.4. The summed E-state index contributed by atoms with van der Waals surface area (Å²) in [5, 5.41) is 3.04. The molecule has 2 aromatic rings. The second-order valence-electron chi connectivity index (χ2n) is 1.87. The van der Waals surface area contributed by atoms with Gasteiger partial charge in [0.05, 0.1) is 0 Å². The maximum absolute atomic E-state index is 2.23. The molecule has 0 aliphatic heterocycles. The molecule has 0 radical (unpaired) electrons. The van der Waals surface area contributed by atoms with Crippen LogP contribution in [0.15, 0.2) is 24.3 Å². The molecule has 1 aromatic heterocycles. The van der Waals surface area contributed by atoms with Crippen LogP contribution in [0, 0.1) is 0 Å². The van der Waals surface area contributed by atoms with Crippen LogP contribution < -0.4 is 0 Å². The van der Waals surface area contributed by atoms with E-state index in [2.05, 4.69) is 24.3 Å². The highest BCUT2D eigenvalue weighted by Gasteiger charge is 1.87. The van der Waals surface area contributed by atoms with Crippen molar-refractivity contribution in [2.24, 2.45) is 0 Å². The Kier molecular flexibility index (Phi) is 2.28. The largest absolute Gasteiger partial charge is 0.0612 e. The Morgan fingerprint density at radius 1 is 0.800 bits per heavy atom. The Labute approximate surface area is 65.8 Å². The summed E-state index contributed by atoms with van der Waals surface area (Å²) in [5.74, 6) is 0.